The van der Waals surface area contributed by atoms with Gasteiger partial charge in [-0.3, -0.25) is 4.79 Å². The third-order valence-electron chi connectivity index (χ3n) is 3.62. The fourth-order valence-corrected chi connectivity index (χ4v) is 2.75. The molecule has 0 saturated carbocycles. The van der Waals surface area contributed by atoms with Gasteiger partial charge < -0.3 is 10.2 Å². The van der Waals surface area contributed by atoms with Crippen LogP contribution in [0.1, 0.15) is 18.4 Å². The van der Waals surface area contributed by atoms with Gasteiger partial charge in [-0.2, -0.15) is 0 Å². The molecule has 1 aliphatic rings. The van der Waals surface area contributed by atoms with Crippen molar-refractivity contribution in [2.24, 2.45) is 0 Å². The van der Waals surface area contributed by atoms with E-state index in [0.29, 0.717) is 28.9 Å². The van der Waals surface area contributed by atoms with E-state index in [0.717, 1.165) is 25.1 Å². The molecule has 0 aliphatic carbocycles. The Morgan fingerprint density at radius 3 is 2.95 bits per heavy atom. The number of hydrogen-bond acceptors (Lipinski definition) is 2. The molecule has 1 N–H and O–H groups in total. The minimum Gasteiger partial charge on any atom is -0.341 e. The zero-order valence-corrected chi connectivity index (χ0v) is 12.5. The number of benzene rings is 1. The Bertz CT molecular complexity index is 459. The van der Waals surface area contributed by atoms with Crippen LogP contribution < -0.4 is 5.32 Å². The molecule has 0 unspecified atom stereocenters. The summed E-state index contributed by atoms with van der Waals surface area (Å²) in [4.78, 5) is 14.0. The van der Waals surface area contributed by atoms with E-state index in [9.17, 15) is 4.79 Å². The van der Waals surface area contributed by atoms with Crippen LogP contribution in [-0.2, 0) is 11.2 Å². The Kier molecular flexibility index (Phi) is 5.08. The molecule has 1 saturated heterocycles. The summed E-state index contributed by atoms with van der Waals surface area (Å²) in [7, 11) is 1.87. The van der Waals surface area contributed by atoms with Crippen molar-refractivity contribution in [3.8, 4) is 0 Å². The minimum atomic E-state index is 0.157. The molecule has 0 spiro atoms. The molecule has 0 bridgehead atoms. The Morgan fingerprint density at radius 2 is 2.26 bits per heavy atom. The summed E-state index contributed by atoms with van der Waals surface area (Å²) in [5.74, 6) is 0.157. The lowest BCUT2D eigenvalue weighted by Crippen LogP contribution is -2.38. The van der Waals surface area contributed by atoms with Gasteiger partial charge in [0.05, 0.1) is 10.0 Å². The number of amides is 1. The van der Waals surface area contributed by atoms with Gasteiger partial charge in [-0.05, 0) is 31.0 Å². The summed E-state index contributed by atoms with van der Waals surface area (Å²) in [6.07, 6.45) is 2.12. The number of carbonyl (C=O) groups is 1. The molecule has 1 atom stereocenters. The molecule has 1 heterocycles. The number of halogens is 2. The molecule has 0 radical (unpaired) electrons. The monoisotopic (exact) mass is 300 g/mol. The first-order valence-corrected chi connectivity index (χ1v) is 7.24. The van der Waals surface area contributed by atoms with E-state index in [1.165, 1.54) is 0 Å². The fourth-order valence-electron chi connectivity index (χ4n) is 2.33. The molecule has 5 heteroatoms. The Hall–Kier alpha value is -0.770. The SMILES string of the molecule is CN(C(=O)CCc1cccc(Cl)c1Cl)[C@@H]1CCNC1. The van der Waals surface area contributed by atoms with E-state index in [4.69, 9.17) is 23.2 Å². The summed E-state index contributed by atoms with van der Waals surface area (Å²) >= 11 is 12.1. The predicted molar refractivity (Wildman–Crippen MR) is 78.8 cm³/mol. The lowest BCUT2D eigenvalue weighted by atomic mass is 10.1. The summed E-state index contributed by atoms with van der Waals surface area (Å²) < 4.78 is 0. The van der Waals surface area contributed by atoms with Crippen molar-refractivity contribution in [2.45, 2.75) is 25.3 Å². The van der Waals surface area contributed by atoms with Gasteiger partial charge in [0.2, 0.25) is 5.91 Å². The third kappa shape index (κ3) is 3.62. The van der Waals surface area contributed by atoms with Crippen molar-refractivity contribution in [1.82, 2.24) is 10.2 Å². The molecule has 1 aliphatic heterocycles. The quantitative estimate of drug-likeness (QED) is 0.927. The second kappa shape index (κ2) is 6.60. The number of nitrogens with zero attached hydrogens (tertiary/aromatic N) is 1. The summed E-state index contributed by atoms with van der Waals surface area (Å²) in [6, 6.07) is 5.85. The molecule has 1 aromatic rings. The molecule has 1 aromatic carbocycles. The number of rotatable bonds is 4. The van der Waals surface area contributed by atoms with Gasteiger partial charge in [-0.25, -0.2) is 0 Å². The largest absolute Gasteiger partial charge is 0.341 e. The van der Waals surface area contributed by atoms with Crippen LogP contribution in [0.2, 0.25) is 10.0 Å². The van der Waals surface area contributed by atoms with E-state index < -0.39 is 0 Å². The van der Waals surface area contributed by atoms with Crippen molar-refractivity contribution in [3.63, 3.8) is 0 Å². The van der Waals surface area contributed by atoms with Gasteiger partial charge in [-0.15, -0.1) is 0 Å². The molecular formula is C14H18Cl2N2O. The van der Waals surface area contributed by atoms with Gasteiger partial charge in [0, 0.05) is 26.1 Å². The maximum Gasteiger partial charge on any atom is 0.222 e. The average molecular weight is 301 g/mol. The number of nitrogens with one attached hydrogen (secondary N) is 1. The zero-order chi connectivity index (χ0) is 13.8. The van der Waals surface area contributed by atoms with Crippen LogP contribution in [-0.4, -0.2) is 37.0 Å². The van der Waals surface area contributed by atoms with Crippen molar-refractivity contribution >= 4 is 29.1 Å². The highest BCUT2D eigenvalue weighted by Crippen LogP contribution is 2.26. The van der Waals surface area contributed by atoms with Gasteiger partial charge >= 0.3 is 0 Å². The van der Waals surface area contributed by atoms with Crippen LogP contribution in [0.15, 0.2) is 18.2 Å². The van der Waals surface area contributed by atoms with E-state index in [1.54, 1.807) is 6.07 Å². The molecular weight excluding hydrogens is 283 g/mol. The van der Waals surface area contributed by atoms with Crippen LogP contribution in [0, 0.1) is 0 Å². The second-order valence-corrected chi connectivity index (χ2v) is 5.65. The van der Waals surface area contributed by atoms with Gasteiger partial charge in [-0.1, -0.05) is 35.3 Å². The first kappa shape index (κ1) is 14.6. The standard InChI is InChI=1S/C14H18Cl2N2O/c1-18(11-7-8-17-9-11)13(19)6-5-10-3-2-4-12(15)14(10)16/h2-4,11,17H,5-9H2,1H3/t11-/m1/s1. The van der Waals surface area contributed by atoms with Crippen LogP contribution in [0.25, 0.3) is 0 Å². The summed E-state index contributed by atoms with van der Waals surface area (Å²) in [5, 5.41) is 4.37. The van der Waals surface area contributed by atoms with Crippen molar-refractivity contribution in [1.29, 1.82) is 0 Å². The topological polar surface area (TPSA) is 32.3 Å². The van der Waals surface area contributed by atoms with Crippen molar-refractivity contribution < 1.29 is 4.79 Å². The van der Waals surface area contributed by atoms with Gasteiger partial charge in [0.15, 0.2) is 0 Å². The Balaban J connectivity index is 1.91. The lowest BCUT2D eigenvalue weighted by molar-refractivity contribution is -0.131. The Morgan fingerprint density at radius 1 is 1.47 bits per heavy atom. The molecule has 0 aromatic heterocycles. The summed E-state index contributed by atoms with van der Waals surface area (Å²) in [6.45, 7) is 1.88. The van der Waals surface area contributed by atoms with E-state index in [1.807, 2.05) is 24.1 Å². The Labute approximate surface area is 123 Å². The molecule has 104 valence electrons. The molecule has 2 rings (SSSR count). The van der Waals surface area contributed by atoms with E-state index in [2.05, 4.69) is 5.32 Å². The molecule has 3 nitrogen and oxygen atoms in total. The zero-order valence-electron chi connectivity index (χ0n) is 11.0. The average Bonchev–Trinajstić information content (AvgIpc) is 2.93. The maximum absolute atomic E-state index is 12.1. The lowest BCUT2D eigenvalue weighted by Gasteiger charge is -2.23. The normalized spacial score (nSPS) is 18.6. The smallest absolute Gasteiger partial charge is 0.222 e. The van der Waals surface area contributed by atoms with E-state index in [-0.39, 0.29) is 5.91 Å². The van der Waals surface area contributed by atoms with E-state index >= 15 is 0 Å². The highest BCUT2D eigenvalue weighted by molar-refractivity contribution is 6.42. The molecule has 19 heavy (non-hydrogen) atoms. The van der Waals surface area contributed by atoms with Crippen molar-refractivity contribution in [3.05, 3.63) is 33.8 Å². The number of hydrogen-bond donors (Lipinski definition) is 1. The minimum absolute atomic E-state index is 0.157. The third-order valence-corrected chi connectivity index (χ3v) is 4.47. The van der Waals surface area contributed by atoms with Crippen LogP contribution in [0.4, 0.5) is 0 Å². The second-order valence-electron chi connectivity index (χ2n) is 4.86. The van der Waals surface area contributed by atoms with Crippen LogP contribution in [0.3, 0.4) is 0 Å². The highest BCUT2D eigenvalue weighted by atomic mass is 35.5. The first-order valence-electron chi connectivity index (χ1n) is 6.49. The first-order chi connectivity index (χ1) is 9.09. The number of aryl methyl sites for hydroxylation is 1. The molecule has 1 fully saturated rings. The predicted octanol–water partition coefficient (Wildman–Crippen LogP) is 2.75. The number of likely N-dealkylation sites (N-methyl/N-ethyl adjacent to an activating group) is 1. The van der Waals surface area contributed by atoms with Crippen LogP contribution in [0.5, 0.6) is 0 Å². The maximum atomic E-state index is 12.1. The van der Waals surface area contributed by atoms with Gasteiger partial charge in [0.25, 0.3) is 0 Å². The fraction of sp³-hybridized carbons (Fsp3) is 0.500. The number of carbonyl (C=O) groups excluding carboxylic acids is 1. The molecule has 1 amide bonds. The van der Waals surface area contributed by atoms with Gasteiger partial charge in [0.1, 0.15) is 0 Å². The highest BCUT2D eigenvalue weighted by Gasteiger charge is 2.22. The summed E-state index contributed by atoms with van der Waals surface area (Å²) in [5.41, 5.74) is 0.931. The van der Waals surface area contributed by atoms with Crippen LogP contribution >= 0.6 is 23.2 Å². The van der Waals surface area contributed by atoms with Crippen molar-refractivity contribution in [2.75, 3.05) is 20.1 Å².